The zero-order valence-electron chi connectivity index (χ0n) is 29.5. The molecule has 3 heterocycles. The van der Waals surface area contributed by atoms with Gasteiger partial charge >= 0.3 is 0 Å². The predicted octanol–water partition coefficient (Wildman–Crippen LogP) is -9.68. The Morgan fingerprint density at radius 2 is 1.09 bits per heavy atom. The Morgan fingerprint density at radius 3 is 1.61 bits per heavy atom. The Balaban J connectivity index is 1.81. The summed E-state index contributed by atoms with van der Waals surface area (Å²) in [7, 11) is 0. The van der Waals surface area contributed by atoms with Gasteiger partial charge in [0.15, 0.2) is 18.9 Å². The van der Waals surface area contributed by atoms with Crippen molar-refractivity contribution in [3.63, 3.8) is 0 Å². The van der Waals surface area contributed by atoms with E-state index in [1.807, 2.05) is 0 Å². The molecule has 3 fully saturated rings. The van der Waals surface area contributed by atoms with Crippen LogP contribution in [0.4, 0.5) is 0 Å². The van der Waals surface area contributed by atoms with Crippen molar-refractivity contribution in [2.75, 3.05) is 33.0 Å². The third-order valence-corrected chi connectivity index (χ3v) is 9.05. The predicted molar refractivity (Wildman–Crippen MR) is 171 cm³/mol. The molecule has 0 bridgehead atoms. The fourth-order valence-electron chi connectivity index (χ4n) is 6.25. The second-order valence-corrected chi connectivity index (χ2v) is 13.2. The number of ether oxygens (including phenoxy) is 6. The van der Waals surface area contributed by atoms with E-state index in [2.05, 4.69) is 16.0 Å². The summed E-state index contributed by atoms with van der Waals surface area (Å²) in [5, 5.41) is 132. The molecule has 24 heteroatoms. The zero-order chi connectivity index (χ0) is 40.6. The summed E-state index contributed by atoms with van der Waals surface area (Å²) in [6.45, 7) is -1.05. The minimum absolute atomic E-state index is 0.650. The van der Waals surface area contributed by atoms with Crippen LogP contribution in [0.15, 0.2) is 0 Å². The van der Waals surface area contributed by atoms with Gasteiger partial charge in [-0.1, -0.05) is 0 Å². The van der Waals surface area contributed by atoms with E-state index < -0.39 is 167 Å². The Morgan fingerprint density at radius 1 is 0.593 bits per heavy atom. The highest BCUT2D eigenvalue weighted by atomic mass is 16.8. The van der Waals surface area contributed by atoms with Crippen LogP contribution in [0.5, 0.6) is 0 Å². The van der Waals surface area contributed by atoms with Crippen molar-refractivity contribution in [1.82, 2.24) is 16.0 Å². The molecule has 54 heavy (non-hydrogen) atoms. The molecule has 24 nitrogen and oxygen atoms in total. The van der Waals surface area contributed by atoms with Crippen LogP contribution < -0.4 is 16.0 Å². The summed E-state index contributed by atoms with van der Waals surface area (Å²) in [5.41, 5.74) is 0. The van der Waals surface area contributed by atoms with E-state index in [0.29, 0.717) is 0 Å². The minimum atomic E-state index is -2.04. The molecule has 3 aliphatic heterocycles. The molecule has 0 spiro atoms. The number of aliphatic hydroxyl groups is 12. The first-order valence-electron chi connectivity index (χ1n) is 17.0. The van der Waals surface area contributed by atoms with Crippen molar-refractivity contribution in [1.29, 1.82) is 0 Å². The monoisotopic (exact) mass is 791 g/mol. The molecule has 19 atom stereocenters. The van der Waals surface area contributed by atoms with Crippen molar-refractivity contribution < 1.29 is 104 Å². The lowest BCUT2D eigenvalue weighted by molar-refractivity contribution is -0.369. The molecule has 15 N–H and O–H groups in total. The first kappa shape index (κ1) is 46.1. The smallest absolute Gasteiger partial charge is 0.217 e. The summed E-state index contributed by atoms with van der Waals surface area (Å²) >= 11 is 0. The summed E-state index contributed by atoms with van der Waals surface area (Å²) in [4.78, 5) is 35.4. The minimum Gasteiger partial charge on any atom is -0.394 e. The SMILES string of the molecule is CC(=O)N[C@H]1[C@@H](O[C@H]2[C@@H](O)[C@@H](CO)O[C@@H](O[C@H]3[C@H](O)[C@@H](NC(C)=O)C(OC[C@@H](O)[C@H](O)[C@H](O)[C@H](CO)NC(C)=O)O[C@@H]3CO)[C@@H]2O)O[C@H](CO)[C@H](O)[C@@H]1O. The van der Waals surface area contributed by atoms with Crippen molar-refractivity contribution in [3.05, 3.63) is 0 Å². The molecular formula is C30H53N3O21. The number of carbonyl (C=O) groups excluding carboxylic acids is 3. The lowest BCUT2D eigenvalue weighted by Gasteiger charge is -2.49. The molecule has 0 saturated carbocycles. The molecule has 3 saturated heterocycles. The first-order valence-corrected chi connectivity index (χ1v) is 17.0. The molecular weight excluding hydrogens is 738 g/mol. The van der Waals surface area contributed by atoms with Crippen molar-refractivity contribution >= 4 is 17.7 Å². The summed E-state index contributed by atoms with van der Waals surface area (Å²) < 4.78 is 33.9. The third kappa shape index (κ3) is 11.2. The normalized spacial score (nSPS) is 39.5. The number of aliphatic hydroxyl groups excluding tert-OH is 12. The van der Waals surface area contributed by atoms with E-state index in [4.69, 9.17) is 28.4 Å². The number of rotatable bonds is 17. The number of carbonyl (C=O) groups is 3. The third-order valence-electron chi connectivity index (χ3n) is 9.05. The quantitative estimate of drug-likeness (QED) is 0.0650. The molecule has 3 aliphatic rings. The Kier molecular flexibility index (Phi) is 17.7. The molecule has 0 aromatic carbocycles. The summed E-state index contributed by atoms with van der Waals surface area (Å²) in [6.07, 6.45) is -28.4. The van der Waals surface area contributed by atoms with Crippen LogP contribution in [0, 0.1) is 0 Å². The molecule has 3 rings (SSSR count). The average Bonchev–Trinajstić information content (AvgIpc) is 3.12. The molecule has 0 radical (unpaired) electrons. The summed E-state index contributed by atoms with van der Waals surface area (Å²) in [6, 6.07) is -4.43. The maximum Gasteiger partial charge on any atom is 0.217 e. The van der Waals surface area contributed by atoms with E-state index >= 15 is 0 Å². The number of hydrogen-bond donors (Lipinski definition) is 15. The zero-order valence-corrected chi connectivity index (χ0v) is 29.5. The van der Waals surface area contributed by atoms with Crippen LogP contribution in [0.1, 0.15) is 20.8 Å². The fraction of sp³-hybridized carbons (Fsp3) is 0.900. The maximum atomic E-state index is 12.1. The first-order chi connectivity index (χ1) is 25.4. The van der Waals surface area contributed by atoms with Gasteiger partial charge in [-0.2, -0.15) is 0 Å². The molecule has 3 amide bonds. The second-order valence-electron chi connectivity index (χ2n) is 13.2. The molecule has 0 aromatic heterocycles. The van der Waals surface area contributed by atoms with Crippen LogP contribution in [0.25, 0.3) is 0 Å². The van der Waals surface area contributed by atoms with Crippen molar-refractivity contribution in [2.45, 2.75) is 137 Å². The molecule has 1 unspecified atom stereocenters. The van der Waals surface area contributed by atoms with Gasteiger partial charge in [0, 0.05) is 20.8 Å². The van der Waals surface area contributed by atoms with Crippen LogP contribution >= 0.6 is 0 Å². The van der Waals surface area contributed by atoms with Gasteiger partial charge in [0.1, 0.15) is 91.4 Å². The van der Waals surface area contributed by atoms with Crippen LogP contribution in [0.2, 0.25) is 0 Å². The van der Waals surface area contributed by atoms with Gasteiger partial charge in [0.25, 0.3) is 0 Å². The van der Waals surface area contributed by atoms with E-state index in [9.17, 15) is 75.7 Å². The van der Waals surface area contributed by atoms with E-state index in [0.717, 1.165) is 20.8 Å². The lowest BCUT2D eigenvalue weighted by Crippen LogP contribution is -2.69. The highest BCUT2D eigenvalue weighted by molar-refractivity contribution is 5.74. The number of hydrogen-bond acceptors (Lipinski definition) is 21. The van der Waals surface area contributed by atoms with Gasteiger partial charge in [-0.25, -0.2) is 0 Å². The Bertz CT molecular complexity index is 1210. The molecule has 314 valence electrons. The van der Waals surface area contributed by atoms with Gasteiger partial charge in [-0.15, -0.1) is 0 Å². The van der Waals surface area contributed by atoms with Crippen LogP contribution in [-0.2, 0) is 42.8 Å². The van der Waals surface area contributed by atoms with E-state index in [1.165, 1.54) is 0 Å². The van der Waals surface area contributed by atoms with Crippen LogP contribution in [-0.4, -0.2) is 228 Å². The van der Waals surface area contributed by atoms with Crippen LogP contribution in [0.3, 0.4) is 0 Å². The Hall–Kier alpha value is -2.31. The summed E-state index contributed by atoms with van der Waals surface area (Å²) in [5.74, 6) is -2.09. The molecule has 0 aromatic rings. The highest BCUT2D eigenvalue weighted by Crippen LogP contribution is 2.33. The van der Waals surface area contributed by atoms with Gasteiger partial charge in [0.05, 0.1) is 39.1 Å². The highest BCUT2D eigenvalue weighted by Gasteiger charge is 2.54. The Labute approximate surface area is 308 Å². The van der Waals surface area contributed by atoms with Gasteiger partial charge < -0.3 is 106 Å². The number of amides is 3. The van der Waals surface area contributed by atoms with Gasteiger partial charge in [-0.3, -0.25) is 14.4 Å². The number of nitrogens with one attached hydrogen (secondary N) is 3. The van der Waals surface area contributed by atoms with Gasteiger partial charge in [-0.05, 0) is 0 Å². The second kappa shape index (κ2) is 20.7. The van der Waals surface area contributed by atoms with Gasteiger partial charge in [0.2, 0.25) is 17.7 Å². The average molecular weight is 792 g/mol. The van der Waals surface area contributed by atoms with E-state index in [1.54, 1.807) is 0 Å². The largest absolute Gasteiger partial charge is 0.394 e. The van der Waals surface area contributed by atoms with Crippen molar-refractivity contribution in [3.8, 4) is 0 Å². The lowest BCUT2D eigenvalue weighted by atomic mass is 9.94. The topological polar surface area (TPSA) is 385 Å². The molecule has 0 aliphatic carbocycles. The fourth-order valence-corrected chi connectivity index (χ4v) is 6.25. The van der Waals surface area contributed by atoms with E-state index in [-0.39, 0.29) is 0 Å². The standard InChI is InChI=1S/C30H53N3O21/c1-9(38)31-12(4-34)19(42)20(43)13(41)8-49-28-18(33-11(3)40)24(47)26(16(7-37)52-28)53-30-25(48)27(22(45)15(6-36)51-30)54-29-17(32-10(2)39)23(46)21(44)14(5-35)50-29/h12-30,34-37,41-48H,4-8H2,1-3H3,(H,31,38)(H,32,39)(H,33,40)/t12-,13+,14+,15+,16+,17+,18+,19+,20-,21-,22-,23+,24+,25+,26+,27-,28?,29+,30-/m0/s1. The van der Waals surface area contributed by atoms with Crippen molar-refractivity contribution in [2.24, 2.45) is 0 Å². The maximum absolute atomic E-state index is 12.1.